The summed E-state index contributed by atoms with van der Waals surface area (Å²) in [6, 6.07) is 6.20. The van der Waals surface area contributed by atoms with E-state index in [-0.39, 0.29) is 30.1 Å². The first kappa shape index (κ1) is 30.7. The molecule has 0 aromatic heterocycles. The first-order chi connectivity index (χ1) is 19.6. The van der Waals surface area contributed by atoms with Gasteiger partial charge in [0.1, 0.15) is 17.7 Å². The van der Waals surface area contributed by atoms with Gasteiger partial charge in [0.05, 0.1) is 30.4 Å². The van der Waals surface area contributed by atoms with Gasteiger partial charge in [0, 0.05) is 12.3 Å². The van der Waals surface area contributed by atoms with E-state index in [4.69, 9.17) is 10.00 Å². The average molecular weight is 567 g/mol. The fourth-order valence-corrected chi connectivity index (χ4v) is 5.89. The molecule has 4 atom stereocenters. The van der Waals surface area contributed by atoms with Gasteiger partial charge >= 0.3 is 0 Å². The van der Waals surface area contributed by atoms with Gasteiger partial charge in [-0.3, -0.25) is 19.2 Å². The number of amides is 3. The fourth-order valence-electron chi connectivity index (χ4n) is 5.89. The van der Waals surface area contributed by atoms with Crippen molar-refractivity contribution in [1.29, 1.82) is 5.26 Å². The van der Waals surface area contributed by atoms with Crippen LogP contribution in [0.25, 0.3) is 0 Å². The van der Waals surface area contributed by atoms with Crippen molar-refractivity contribution in [2.75, 3.05) is 6.61 Å². The highest BCUT2D eigenvalue weighted by atomic mass is 16.6. The van der Waals surface area contributed by atoms with E-state index in [0.717, 1.165) is 31.2 Å². The molecular weight excluding hydrogens is 524 g/mol. The molecule has 1 aromatic carbocycles. The van der Waals surface area contributed by atoms with Gasteiger partial charge in [0.15, 0.2) is 5.78 Å². The highest BCUT2D eigenvalue weighted by Gasteiger charge is 2.50. The van der Waals surface area contributed by atoms with E-state index >= 15 is 0 Å². The molecule has 10 heteroatoms. The summed E-state index contributed by atoms with van der Waals surface area (Å²) >= 11 is 0. The average Bonchev–Trinajstić information content (AvgIpc) is 3.50. The highest BCUT2D eigenvalue weighted by Crippen LogP contribution is 2.33. The minimum absolute atomic E-state index is 0.141. The number of nitriles is 1. The lowest BCUT2D eigenvalue weighted by molar-refractivity contribution is -0.135. The van der Waals surface area contributed by atoms with Crippen LogP contribution in [0.5, 0.6) is 0 Å². The van der Waals surface area contributed by atoms with E-state index in [0.29, 0.717) is 50.2 Å². The highest BCUT2D eigenvalue weighted by molar-refractivity contribution is 5.98. The quantitative estimate of drug-likeness (QED) is 0.282. The Balaban J connectivity index is 1.45. The standard InChI is InChI=1S/C31H42N4O6/c1-19(33-29(39)23-11-13-24(36)14-12-23)28(38)35-26(16-21-7-9-22(17-32)10-8-21)30(40)34-25(15-20-5-3-4-6-20)27(37)31(2)18-41-31/h7-10,19-20,23-26,36H,3-6,11-16,18H2,1-2H3,(H,33,39)(H,34,40)(H,35,38)/t19-,23?,24?,25+,26+,31+/m1/s1. The maximum absolute atomic E-state index is 13.7. The van der Waals surface area contributed by atoms with Crippen molar-refractivity contribution in [2.24, 2.45) is 11.8 Å². The van der Waals surface area contributed by atoms with Crippen LogP contribution in [-0.2, 0) is 30.3 Å². The molecule has 222 valence electrons. The Labute approximate surface area is 241 Å². The van der Waals surface area contributed by atoms with E-state index < -0.39 is 35.5 Å². The molecule has 41 heavy (non-hydrogen) atoms. The van der Waals surface area contributed by atoms with Crippen molar-refractivity contribution in [3.8, 4) is 6.07 Å². The Morgan fingerprint density at radius 3 is 2.17 bits per heavy atom. The first-order valence-corrected chi connectivity index (χ1v) is 14.8. The molecule has 1 heterocycles. The van der Waals surface area contributed by atoms with Crippen LogP contribution in [0.1, 0.15) is 82.8 Å². The molecular formula is C31H42N4O6. The lowest BCUT2D eigenvalue weighted by Crippen LogP contribution is -2.57. The summed E-state index contributed by atoms with van der Waals surface area (Å²) in [6.45, 7) is 3.63. The Morgan fingerprint density at radius 2 is 1.59 bits per heavy atom. The molecule has 1 aromatic rings. The van der Waals surface area contributed by atoms with Crippen LogP contribution >= 0.6 is 0 Å². The minimum Gasteiger partial charge on any atom is -0.393 e. The number of carbonyl (C=O) groups excluding carboxylic acids is 4. The molecule has 4 N–H and O–H groups in total. The molecule has 4 rings (SSSR count). The van der Waals surface area contributed by atoms with Crippen molar-refractivity contribution >= 4 is 23.5 Å². The number of Topliss-reactive ketones (excluding diaryl/α,β-unsaturated/α-hetero) is 1. The number of hydrogen-bond acceptors (Lipinski definition) is 7. The Bertz CT molecular complexity index is 1140. The number of benzene rings is 1. The number of ketones is 1. The topological polar surface area (TPSA) is 161 Å². The van der Waals surface area contributed by atoms with Crippen molar-refractivity contribution in [1.82, 2.24) is 16.0 Å². The predicted molar refractivity (Wildman–Crippen MR) is 150 cm³/mol. The summed E-state index contributed by atoms with van der Waals surface area (Å²) in [6.07, 6.45) is 6.75. The third kappa shape index (κ3) is 8.37. The number of hydrogen-bond donors (Lipinski definition) is 4. The molecule has 2 aliphatic carbocycles. The first-order valence-electron chi connectivity index (χ1n) is 14.8. The zero-order valence-corrected chi connectivity index (χ0v) is 24.0. The molecule has 1 aliphatic heterocycles. The maximum atomic E-state index is 13.7. The Kier molecular flexibility index (Phi) is 10.2. The molecule has 0 bridgehead atoms. The van der Waals surface area contributed by atoms with Gasteiger partial charge in [-0.1, -0.05) is 37.8 Å². The van der Waals surface area contributed by atoms with Crippen LogP contribution in [0.3, 0.4) is 0 Å². The lowest BCUT2D eigenvalue weighted by Gasteiger charge is -2.28. The normalized spacial score (nSPS) is 26.2. The van der Waals surface area contributed by atoms with Gasteiger partial charge in [0.25, 0.3) is 0 Å². The Morgan fingerprint density at radius 1 is 0.976 bits per heavy atom. The molecule has 3 amide bonds. The molecule has 0 unspecified atom stereocenters. The van der Waals surface area contributed by atoms with Crippen molar-refractivity contribution in [3.05, 3.63) is 35.4 Å². The van der Waals surface area contributed by atoms with Crippen LogP contribution < -0.4 is 16.0 Å². The van der Waals surface area contributed by atoms with Gasteiger partial charge < -0.3 is 25.8 Å². The summed E-state index contributed by atoms with van der Waals surface area (Å²) in [4.78, 5) is 52.9. The van der Waals surface area contributed by atoms with E-state index in [1.54, 1.807) is 38.1 Å². The molecule has 3 fully saturated rings. The molecule has 10 nitrogen and oxygen atoms in total. The number of epoxide rings is 1. The largest absolute Gasteiger partial charge is 0.393 e. The van der Waals surface area contributed by atoms with E-state index in [9.17, 15) is 24.3 Å². The summed E-state index contributed by atoms with van der Waals surface area (Å²) < 4.78 is 5.40. The number of carbonyl (C=O) groups is 4. The fraction of sp³-hybridized carbons (Fsp3) is 0.645. The summed E-state index contributed by atoms with van der Waals surface area (Å²) in [7, 11) is 0. The SMILES string of the molecule is C[C@@H](NC(=O)C1CCC(O)CC1)C(=O)N[C@@H](Cc1ccc(C#N)cc1)C(=O)N[C@@H](CC1CCCC1)C(=O)[C@]1(C)CO1. The number of nitrogens with one attached hydrogen (secondary N) is 3. The van der Waals surface area contributed by atoms with Crippen LogP contribution in [0.15, 0.2) is 24.3 Å². The monoisotopic (exact) mass is 566 g/mol. The zero-order valence-electron chi connectivity index (χ0n) is 24.0. The smallest absolute Gasteiger partial charge is 0.243 e. The summed E-state index contributed by atoms with van der Waals surface area (Å²) in [5, 5.41) is 27.3. The molecule has 0 spiro atoms. The second-order valence-electron chi connectivity index (χ2n) is 12.1. The van der Waals surface area contributed by atoms with Crippen LogP contribution in [0.4, 0.5) is 0 Å². The molecule has 2 saturated carbocycles. The van der Waals surface area contributed by atoms with Gasteiger partial charge in [0.2, 0.25) is 17.7 Å². The van der Waals surface area contributed by atoms with Crippen LogP contribution in [-0.4, -0.2) is 65.0 Å². The summed E-state index contributed by atoms with van der Waals surface area (Å²) in [5.41, 5.74) is 0.319. The van der Waals surface area contributed by atoms with Crippen molar-refractivity contribution < 1.29 is 29.0 Å². The van der Waals surface area contributed by atoms with Crippen LogP contribution in [0.2, 0.25) is 0 Å². The lowest BCUT2D eigenvalue weighted by atomic mass is 9.87. The van der Waals surface area contributed by atoms with Crippen molar-refractivity contribution in [2.45, 2.75) is 108 Å². The second-order valence-corrected chi connectivity index (χ2v) is 12.1. The van der Waals surface area contributed by atoms with Crippen LogP contribution in [0, 0.1) is 23.2 Å². The summed E-state index contributed by atoms with van der Waals surface area (Å²) in [5.74, 6) is -1.32. The second kappa shape index (κ2) is 13.6. The van der Waals surface area contributed by atoms with E-state index in [1.165, 1.54) is 0 Å². The number of aliphatic hydroxyl groups is 1. The predicted octanol–water partition coefficient (Wildman–Crippen LogP) is 2.06. The zero-order chi connectivity index (χ0) is 29.6. The molecule has 0 radical (unpaired) electrons. The Hall–Kier alpha value is -3.29. The third-order valence-electron chi connectivity index (χ3n) is 8.75. The molecule has 3 aliphatic rings. The third-order valence-corrected chi connectivity index (χ3v) is 8.75. The van der Waals surface area contributed by atoms with Gasteiger partial charge in [-0.25, -0.2) is 0 Å². The van der Waals surface area contributed by atoms with E-state index in [2.05, 4.69) is 22.0 Å². The van der Waals surface area contributed by atoms with Crippen molar-refractivity contribution in [3.63, 3.8) is 0 Å². The maximum Gasteiger partial charge on any atom is 0.243 e. The minimum atomic E-state index is -1.01. The number of ether oxygens (including phenoxy) is 1. The number of nitrogens with zero attached hydrogens (tertiary/aromatic N) is 1. The van der Waals surface area contributed by atoms with E-state index in [1.807, 2.05) is 0 Å². The van der Waals surface area contributed by atoms with Gasteiger partial charge in [-0.2, -0.15) is 5.26 Å². The van der Waals surface area contributed by atoms with Gasteiger partial charge in [-0.05, 0) is 69.6 Å². The molecule has 1 saturated heterocycles. The number of rotatable bonds is 12. The van der Waals surface area contributed by atoms with Gasteiger partial charge in [-0.15, -0.1) is 0 Å². The number of aliphatic hydroxyl groups excluding tert-OH is 1.